The molecule has 3 heteroatoms. The number of hydrogen-bond donors (Lipinski definition) is 1. The molecule has 0 atom stereocenters. The van der Waals surface area contributed by atoms with E-state index in [9.17, 15) is 4.79 Å². The zero-order valence-electron chi connectivity index (χ0n) is 8.52. The number of alkyl halides is 1. The van der Waals surface area contributed by atoms with Crippen molar-refractivity contribution in [2.45, 2.75) is 50.5 Å². The van der Waals surface area contributed by atoms with Gasteiger partial charge in [-0.15, -0.1) is 0 Å². The fourth-order valence-electron chi connectivity index (χ4n) is 2.17. The third-order valence-corrected chi connectivity index (χ3v) is 4.55. The van der Waals surface area contributed by atoms with Crippen molar-refractivity contribution in [1.82, 2.24) is 5.32 Å². The lowest BCUT2D eigenvalue weighted by Crippen LogP contribution is -2.42. The van der Waals surface area contributed by atoms with Crippen LogP contribution in [0.15, 0.2) is 0 Å². The Bertz CT molecular complexity index is 219. The molecule has 2 nitrogen and oxygen atoms in total. The molecule has 0 radical (unpaired) electrons. The second kappa shape index (κ2) is 4.21. The van der Waals surface area contributed by atoms with Gasteiger partial charge in [-0.3, -0.25) is 4.79 Å². The van der Waals surface area contributed by atoms with Crippen LogP contribution in [0, 0.1) is 5.92 Å². The zero-order valence-corrected chi connectivity index (χ0v) is 10.1. The molecule has 2 fully saturated rings. The number of nitrogens with one attached hydrogen (secondary N) is 1. The summed E-state index contributed by atoms with van der Waals surface area (Å²) in [5.41, 5.74) is 0.133. The second-order valence-corrected chi connectivity index (χ2v) is 5.30. The average molecular weight is 260 g/mol. The highest BCUT2D eigenvalue weighted by Gasteiger charge is 2.43. The van der Waals surface area contributed by atoms with Crippen molar-refractivity contribution >= 4 is 21.8 Å². The molecule has 80 valence electrons. The quantitative estimate of drug-likeness (QED) is 0.776. The van der Waals surface area contributed by atoms with Gasteiger partial charge < -0.3 is 5.32 Å². The molecule has 2 aliphatic carbocycles. The Morgan fingerprint density at radius 3 is 2.43 bits per heavy atom. The predicted molar refractivity (Wildman–Crippen MR) is 60.5 cm³/mol. The smallest absolute Gasteiger partial charge is 0.223 e. The fraction of sp³-hybridized carbons (Fsp3) is 0.909. The van der Waals surface area contributed by atoms with Crippen LogP contribution >= 0.6 is 15.9 Å². The van der Waals surface area contributed by atoms with E-state index in [4.69, 9.17) is 0 Å². The number of hydrogen-bond acceptors (Lipinski definition) is 1. The Morgan fingerprint density at radius 1 is 1.29 bits per heavy atom. The van der Waals surface area contributed by atoms with Gasteiger partial charge in [0.15, 0.2) is 0 Å². The molecule has 2 aliphatic rings. The highest BCUT2D eigenvalue weighted by atomic mass is 79.9. The van der Waals surface area contributed by atoms with E-state index < -0.39 is 0 Å². The molecule has 0 aliphatic heterocycles. The van der Waals surface area contributed by atoms with Crippen molar-refractivity contribution in [2.75, 3.05) is 5.33 Å². The normalized spacial score (nSPS) is 25.8. The number of amides is 1. The molecule has 2 saturated carbocycles. The van der Waals surface area contributed by atoms with Crippen LogP contribution in [0.3, 0.4) is 0 Å². The number of carbonyl (C=O) groups is 1. The van der Waals surface area contributed by atoms with E-state index in [1.807, 2.05) is 0 Å². The standard InChI is InChI=1S/C11H18BrNO/c12-8-11(6-7-11)13-10(14)9-4-2-1-3-5-9/h9H,1-8H2,(H,13,14). The van der Waals surface area contributed by atoms with Crippen LogP contribution in [0.4, 0.5) is 0 Å². The molecular formula is C11H18BrNO. The largest absolute Gasteiger partial charge is 0.350 e. The van der Waals surface area contributed by atoms with E-state index in [0.29, 0.717) is 11.8 Å². The van der Waals surface area contributed by atoms with Crippen LogP contribution in [-0.2, 0) is 4.79 Å². The van der Waals surface area contributed by atoms with Gasteiger partial charge in [0.2, 0.25) is 5.91 Å². The van der Waals surface area contributed by atoms with E-state index >= 15 is 0 Å². The molecule has 0 spiro atoms. The topological polar surface area (TPSA) is 29.1 Å². The van der Waals surface area contributed by atoms with E-state index in [2.05, 4.69) is 21.2 Å². The molecule has 0 aromatic heterocycles. The molecule has 0 heterocycles. The summed E-state index contributed by atoms with van der Waals surface area (Å²) in [4.78, 5) is 11.9. The third-order valence-electron chi connectivity index (χ3n) is 3.47. The first-order valence-electron chi connectivity index (χ1n) is 5.64. The summed E-state index contributed by atoms with van der Waals surface area (Å²) >= 11 is 3.47. The van der Waals surface area contributed by atoms with Crippen molar-refractivity contribution in [3.05, 3.63) is 0 Å². The average Bonchev–Trinajstić information content (AvgIpc) is 3.00. The summed E-state index contributed by atoms with van der Waals surface area (Å²) in [5, 5.41) is 4.12. The SMILES string of the molecule is O=C(NC1(CBr)CC1)C1CCCCC1. The predicted octanol–water partition coefficient (Wildman–Crippen LogP) is 2.61. The van der Waals surface area contributed by atoms with Crippen molar-refractivity contribution in [3.63, 3.8) is 0 Å². The molecule has 0 bridgehead atoms. The van der Waals surface area contributed by atoms with Crippen molar-refractivity contribution in [2.24, 2.45) is 5.92 Å². The number of rotatable bonds is 3. The maximum absolute atomic E-state index is 11.9. The van der Waals surface area contributed by atoms with Gasteiger partial charge in [-0.2, -0.15) is 0 Å². The summed E-state index contributed by atoms with van der Waals surface area (Å²) in [5.74, 6) is 0.613. The van der Waals surface area contributed by atoms with Gasteiger partial charge in [-0.1, -0.05) is 35.2 Å². The molecule has 0 unspecified atom stereocenters. The molecule has 0 saturated heterocycles. The molecule has 0 aromatic carbocycles. The van der Waals surface area contributed by atoms with Crippen molar-refractivity contribution in [3.8, 4) is 0 Å². The van der Waals surface area contributed by atoms with Gasteiger partial charge in [0.05, 0.1) is 0 Å². The monoisotopic (exact) mass is 259 g/mol. The zero-order chi connectivity index (χ0) is 10.0. The Hall–Kier alpha value is -0.0500. The molecule has 0 aromatic rings. The lowest BCUT2D eigenvalue weighted by atomic mass is 9.88. The number of halogens is 1. The highest BCUT2D eigenvalue weighted by Crippen LogP contribution is 2.37. The minimum atomic E-state index is 0.133. The van der Waals surface area contributed by atoms with Gasteiger partial charge in [0.1, 0.15) is 0 Å². The Morgan fingerprint density at radius 2 is 1.93 bits per heavy atom. The van der Waals surface area contributed by atoms with Crippen LogP contribution < -0.4 is 5.32 Å². The third kappa shape index (κ3) is 2.30. The summed E-state index contributed by atoms with van der Waals surface area (Å²) in [6, 6.07) is 0. The van der Waals surface area contributed by atoms with Crippen LogP contribution in [0.25, 0.3) is 0 Å². The van der Waals surface area contributed by atoms with Gasteiger partial charge in [-0.25, -0.2) is 0 Å². The summed E-state index contributed by atoms with van der Waals surface area (Å²) in [7, 11) is 0. The maximum atomic E-state index is 11.9. The summed E-state index contributed by atoms with van der Waals surface area (Å²) < 4.78 is 0. The maximum Gasteiger partial charge on any atom is 0.223 e. The molecule has 2 rings (SSSR count). The van der Waals surface area contributed by atoms with Crippen molar-refractivity contribution in [1.29, 1.82) is 0 Å². The van der Waals surface area contributed by atoms with Crippen LogP contribution in [-0.4, -0.2) is 16.8 Å². The van der Waals surface area contributed by atoms with E-state index in [1.165, 1.54) is 19.3 Å². The van der Waals surface area contributed by atoms with Gasteiger partial charge in [0.25, 0.3) is 0 Å². The molecule has 1 amide bonds. The number of carbonyl (C=O) groups excluding carboxylic acids is 1. The van der Waals surface area contributed by atoms with Crippen molar-refractivity contribution < 1.29 is 4.79 Å². The first kappa shape index (κ1) is 10.5. The molecular weight excluding hydrogens is 242 g/mol. The minimum absolute atomic E-state index is 0.133. The lowest BCUT2D eigenvalue weighted by Gasteiger charge is -2.23. The summed E-state index contributed by atoms with van der Waals surface area (Å²) in [6.07, 6.45) is 8.29. The van der Waals surface area contributed by atoms with E-state index in [0.717, 1.165) is 31.0 Å². The first-order chi connectivity index (χ1) is 6.76. The van der Waals surface area contributed by atoms with Crippen LogP contribution in [0.1, 0.15) is 44.9 Å². The Labute approximate surface area is 94.0 Å². The summed E-state index contributed by atoms with van der Waals surface area (Å²) in [6.45, 7) is 0. The van der Waals surface area contributed by atoms with E-state index in [1.54, 1.807) is 0 Å². The minimum Gasteiger partial charge on any atom is -0.350 e. The van der Waals surface area contributed by atoms with Gasteiger partial charge in [0, 0.05) is 16.8 Å². The van der Waals surface area contributed by atoms with Crippen LogP contribution in [0.5, 0.6) is 0 Å². The Balaban J connectivity index is 1.82. The lowest BCUT2D eigenvalue weighted by molar-refractivity contribution is -0.126. The van der Waals surface area contributed by atoms with Crippen LogP contribution in [0.2, 0.25) is 0 Å². The second-order valence-electron chi connectivity index (χ2n) is 4.74. The fourth-order valence-corrected chi connectivity index (χ4v) is 2.87. The molecule has 1 N–H and O–H groups in total. The van der Waals surface area contributed by atoms with E-state index in [-0.39, 0.29) is 5.54 Å². The van der Waals surface area contributed by atoms with Gasteiger partial charge in [-0.05, 0) is 25.7 Å². The Kier molecular flexibility index (Phi) is 3.15. The first-order valence-corrected chi connectivity index (χ1v) is 6.76. The molecule has 14 heavy (non-hydrogen) atoms. The van der Waals surface area contributed by atoms with Gasteiger partial charge >= 0.3 is 0 Å². The highest BCUT2D eigenvalue weighted by molar-refractivity contribution is 9.09.